The summed E-state index contributed by atoms with van der Waals surface area (Å²) in [7, 11) is 0. The molecule has 1 aromatic heterocycles. The number of anilines is 1. The van der Waals surface area contributed by atoms with Crippen LogP contribution in [-0.4, -0.2) is 11.6 Å². The molecule has 0 radical (unpaired) electrons. The molecule has 1 heterocycles. The Morgan fingerprint density at radius 3 is 2.83 bits per heavy atom. The number of rotatable bonds is 5. The zero-order valence-corrected chi connectivity index (χ0v) is 13.4. The number of ether oxygens (including phenoxy) is 1. The van der Waals surface area contributed by atoms with Crippen LogP contribution in [0.25, 0.3) is 15.8 Å². The Labute approximate surface area is 138 Å². The van der Waals surface area contributed by atoms with Gasteiger partial charge in [0.15, 0.2) is 0 Å². The van der Waals surface area contributed by atoms with Crippen LogP contribution >= 0.6 is 11.3 Å². The Hall–Kier alpha value is -2.84. The molecule has 5 heteroatoms. The maximum absolute atomic E-state index is 9.43. The van der Waals surface area contributed by atoms with Crippen LogP contribution in [0.2, 0.25) is 0 Å². The van der Waals surface area contributed by atoms with Crippen LogP contribution in [0.15, 0.2) is 54.7 Å². The Balaban J connectivity index is 1.89. The number of nitriles is 1. The molecule has 0 atom stereocenters. The minimum Gasteiger partial charge on any atom is -0.492 e. The van der Waals surface area contributed by atoms with Crippen LogP contribution in [0.5, 0.6) is 5.75 Å². The number of para-hydroxylation sites is 3. The van der Waals surface area contributed by atoms with Crippen molar-refractivity contribution in [2.75, 3.05) is 11.9 Å². The Kier molecular flexibility index (Phi) is 4.55. The van der Waals surface area contributed by atoms with Gasteiger partial charge in [-0.3, -0.25) is 0 Å². The normalized spacial score (nSPS) is 11.2. The SMILES string of the molecule is CCOc1ccccc1N/C=C(/C#N)c1nc2ccccc2s1. The van der Waals surface area contributed by atoms with Crippen molar-refractivity contribution in [2.24, 2.45) is 0 Å². The van der Waals surface area contributed by atoms with Gasteiger partial charge in [-0.25, -0.2) is 4.98 Å². The molecule has 3 rings (SSSR count). The summed E-state index contributed by atoms with van der Waals surface area (Å²) in [4.78, 5) is 4.51. The first-order valence-electron chi connectivity index (χ1n) is 7.26. The predicted molar refractivity (Wildman–Crippen MR) is 94.4 cm³/mol. The van der Waals surface area contributed by atoms with Gasteiger partial charge in [0.25, 0.3) is 0 Å². The van der Waals surface area contributed by atoms with Crippen molar-refractivity contribution < 1.29 is 4.74 Å². The van der Waals surface area contributed by atoms with E-state index in [0.717, 1.165) is 21.7 Å². The molecule has 2 aromatic carbocycles. The molecule has 0 aliphatic rings. The molecule has 0 unspecified atom stereocenters. The van der Waals surface area contributed by atoms with E-state index in [-0.39, 0.29) is 0 Å². The second-order valence-electron chi connectivity index (χ2n) is 4.73. The fourth-order valence-electron chi connectivity index (χ4n) is 2.15. The molecule has 0 bridgehead atoms. The number of allylic oxidation sites excluding steroid dienone is 1. The smallest absolute Gasteiger partial charge is 0.142 e. The number of thiazole rings is 1. The van der Waals surface area contributed by atoms with E-state index in [1.807, 2.05) is 55.5 Å². The first kappa shape index (κ1) is 15.1. The molecule has 114 valence electrons. The lowest BCUT2D eigenvalue weighted by molar-refractivity contribution is 0.342. The molecule has 0 spiro atoms. The van der Waals surface area contributed by atoms with E-state index in [4.69, 9.17) is 4.74 Å². The molecule has 3 aromatic rings. The molecular weight excluding hydrogens is 306 g/mol. The van der Waals surface area contributed by atoms with Crippen molar-refractivity contribution in [1.82, 2.24) is 4.98 Å². The Bertz CT molecular complexity index is 859. The molecule has 23 heavy (non-hydrogen) atoms. The quantitative estimate of drug-likeness (QED) is 0.694. The summed E-state index contributed by atoms with van der Waals surface area (Å²) < 4.78 is 6.64. The Morgan fingerprint density at radius 2 is 2.04 bits per heavy atom. The minimum atomic E-state index is 0.498. The summed E-state index contributed by atoms with van der Waals surface area (Å²) in [5, 5.41) is 13.3. The summed E-state index contributed by atoms with van der Waals surface area (Å²) in [6.45, 7) is 2.53. The van der Waals surface area contributed by atoms with Crippen molar-refractivity contribution in [3.8, 4) is 11.8 Å². The monoisotopic (exact) mass is 321 g/mol. The summed E-state index contributed by atoms with van der Waals surface area (Å²) in [6, 6.07) is 17.7. The van der Waals surface area contributed by atoms with E-state index < -0.39 is 0 Å². The van der Waals surface area contributed by atoms with Gasteiger partial charge in [0.1, 0.15) is 22.4 Å². The van der Waals surface area contributed by atoms with Crippen molar-refractivity contribution >= 4 is 32.8 Å². The van der Waals surface area contributed by atoms with Crippen LogP contribution in [0, 0.1) is 11.3 Å². The van der Waals surface area contributed by atoms with Gasteiger partial charge < -0.3 is 10.1 Å². The largest absolute Gasteiger partial charge is 0.492 e. The number of nitrogens with one attached hydrogen (secondary N) is 1. The molecule has 4 nitrogen and oxygen atoms in total. The third kappa shape index (κ3) is 3.33. The molecule has 0 saturated heterocycles. The summed E-state index contributed by atoms with van der Waals surface area (Å²) in [5.41, 5.74) is 2.23. The average Bonchev–Trinajstić information content (AvgIpc) is 3.01. The third-order valence-electron chi connectivity index (χ3n) is 3.20. The number of benzene rings is 2. The number of nitrogens with zero attached hydrogens (tertiary/aromatic N) is 2. The first-order valence-corrected chi connectivity index (χ1v) is 8.08. The standard InChI is InChI=1S/C18H15N3OS/c1-2-22-16-9-5-3-7-14(16)20-12-13(11-19)18-21-15-8-4-6-10-17(15)23-18/h3-10,12,20H,2H2,1H3/b13-12-. The lowest BCUT2D eigenvalue weighted by Crippen LogP contribution is -1.97. The topological polar surface area (TPSA) is 57.9 Å². The zero-order chi connectivity index (χ0) is 16.1. The molecule has 0 aliphatic heterocycles. The van der Waals surface area contributed by atoms with Crippen LogP contribution in [0.1, 0.15) is 11.9 Å². The van der Waals surface area contributed by atoms with Crippen molar-refractivity contribution in [2.45, 2.75) is 6.92 Å². The van der Waals surface area contributed by atoms with Gasteiger partial charge in [-0.05, 0) is 31.2 Å². The highest BCUT2D eigenvalue weighted by atomic mass is 32.1. The van der Waals surface area contributed by atoms with Gasteiger partial charge in [0.05, 0.1) is 22.5 Å². The predicted octanol–water partition coefficient (Wildman–Crippen LogP) is 4.67. The molecule has 0 amide bonds. The highest BCUT2D eigenvalue weighted by Crippen LogP contribution is 2.28. The molecule has 0 aliphatic carbocycles. The summed E-state index contributed by atoms with van der Waals surface area (Å²) in [6.07, 6.45) is 1.68. The lowest BCUT2D eigenvalue weighted by atomic mass is 10.3. The molecule has 0 saturated carbocycles. The maximum Gasteiger partial charge on any atom is 0.142 e. The van der Waals surface area contributed by atoms with Crippen molar-refractivity contribution in [3.63, 3.8) is 0 Å². The fourth-order valence-corrected chi connectivity index (χ4v) is 3.08. The van der Waals surface area contributed by atoms with E-state index in [1.54, 1.807) is 6.20 Å². The number of hydrogen-bond acceptors (Lipinski definition) is 5. The highest BCUT2D eigenvalue weighted by molar-refractivity contribution is 7.19. The van der Waals surface area contributed by atoms with Crippen molar-refractivity contribution in [3.05, 3.63) is 59.7 Å². The average molecular weight is 321 g/mol. The summed E-state index contributed by atoms with van der Waals surface area (Å²) >= 11 is 1.51. The number of hydrogen-bond donors (Lipinski definition) is 1. The third-order valence-corrected chi connectivity index (χ3v) is 4.27. The molecule has 0 fully saturated rings. The van der Waals surface area contributed by atoms with Gasteiger partial charge in [-0.1, -0.05) is 24.3 Å². The van der Waals surface area contributed by atoms with E-state index in [0.29, 0.717) is 17.2 Å². The zero-order valence-electron chi connectivity index (χ0n) is 12.6. The van der Waals surface area contributed by atoms with Crippen LogP contribution < -0.4 is 10.1 Å². The van der Waals surface area contributed by atoms with Gasteiger partial charge in [-0.15, -0.1) is 11.3 Å². The summed E-state index contributed by atoms with van der Waals surface area (Å²) in [5.74, 6) is 0.757. The van der Waals surface area contributed by atoms with Crippen LogP contribution in [0.3, 0.4) is 0 Å². The lowest BCUT2D eigenvalue weighted by Gasteiger charge is -2.09. The molecular formula is C18H15N3OS. The Morgan fingerprint density at radius 1 is 1.26 bits per heavy atom. The maximum atomic E-state index is 9.43. The van der Waals surface area contributed by atoms with Gasteiger partial charge in [-0.2, -0.15) is 5.26 Å². The van der Waals surface area contributed by atoms with E-state index >= 15 is 0 Å². The van der Waals surface area contributed by atoms with E-state index in [2.05, 4.69) is 16.4 Å². The second kappa shape index (κ2) is 6.95. The molecule has 1 N–H and O–H groups in total. The van der Waals surface area contributed by atoms with Gasteiger partial charge in [0, 0.05) is 6.20 Å². The second-order valence-corrected chi connectivity index (χ2v) is 5.76. The van der Waals surface area contributed by atoms with Gasteiger partial charge in [0.2, 0.25) is 0 Å². The van der Waals surface area contributed by atoms with Gasteiger partial charge >= 0.3 is 0 Å². The van der Waals surface area contributed by atoms with Crippen LogP contribution in [-0.2, 0) is 0 Å². The number of aromatic nitrogens is 1. The minimum absolute atomic E-state index is 0.498. The fraction of sp³-hybridized carbons (Fsp3) is 0.111. The van der Waals surface area contributed by atoms with Crippen LogP contribution in [0.4, 0.5) is 5.69 Å². The first-order chi connectivity index (χ1) is 11.3. The van der Waals surface area contributed by atoms with Crippen molar-refractivity contribution in [1.29, 1.82) is 5.26 Å². The van der Waals surface area contributed by atoms with E-state index in [1.165, 1.54) is 11.3 Å². The highest BCUT2D eigenvalue weighted by Gasteiger charge is 2.09. The van der Waals surface area contributed by atoms with E-state index in [9.17, 15) is 5.26 Å². The number of fused-ring (bicyclic) bond motifs is 1.